The predicted molar refractivity (Wildman–Crippen MR) is 65.1 cm³/mol. The Morgan fingerprint density at radius 3 is 2.76 bits per heavy atom. The lowest BCUT2D eigenvalue weighted by molar-refractivity contribution is -0.0543. The lowest BCUT2D eigenvalue weighted by Gasteiger charge is -2.32. The van der Waals surface area contributed by atoms with E-state index in [1.807, 2.05) is 6.07 Å². The van der Waals surface area contributed by atoms with E-state index in [4.69, 9.17) is 4.74 Å². The molecule has 0 radical (unpaired) electrons. The van der Waals surface area contributed by atoms with Crippen molar-refractivity contribution in [1.29, 1.82) is 0 Å². The largest absolute Gasteiger partial charge is 0.388 e. The van der Waals surface area contributed by atoms with Crippen molar-refractivity contribution < 1.29 is 9.84 Å². The van der Waals surface area contributed by atoms with Gasteiger partial charge < -0.3 is 20.5 Å². The zero-order chi connectivity index (χ0) is 12.1. The van der Waals surface area contributed by atoms with Gasteiger partial charge in [0.1, 0.15) is 18.0 Å². The Morgan fingerprint density at radius 2 is 2.06 bits per heavy atom. The van der Waals surface area contributed by atoms with Gasteiger partial charge in [-0.15, -0.1) is 0 Å². The fourth-order valence-electron chi connectivity index (χ4n) is 1.77. The number of ether oxygens (including phenoxy) is 1. The first-order valence-corrected chi connectivity index (χ1v) is 5.76. The molecule has 1 saturated heterocycles. The summed E-state index contributed by atoms with van der Waals surface area (Å²) in [5.41, 5.74) is -0.691. The van der Waals surface area contributed by atoms with Gasteiger partial charge in [-0.2, -0.15) is 0 Å². The van der Waals surface area contributed by atoms with E-state index in [1.165, 1.54) is 6.33 Å². The van der Waals surface area contributed by atoms with Gasteiger partial charge in [0.05, 0.1) is 5.60 Å². The Morgan fingerprint density at radius 1 is 1.35 bits per heavy atom. The molecule has 0 aromatic carbocycles. The van der Waals surface area contributed by atoms with Crippen LogP contribution in [0.25, 0.3) is 0 Å². The normalized spacial score (nSPS) is 18.7. The molecule has 94 valence electrons. The van der Waals surface area contributed by atoms with Gasteiger partial charge in [-0.1, -0.05) is 0 Å². The van der Waals surface area contributed by atoms with Gasteiger partial charge in [0.2, 0.25) is 0 Å². The van der Waals surface area contributed by atoms with Gasteiger partial charge in [-0.05, 0) is 0 Å². The summed E-state index contributed by atoms with van der Waals surface area (Å²) in [4.78, 5) is 8.12. The van der Waals surface area contributed by atoms with E-state index in [0.717, 1.165) is 5.82 Å². The van der Waals surface area contributed by atoms with Crippen LogP contribution in [0, 0.1) is 0 Å². The van der Waals surface area contributed by atoms with Crippen LogP contribution in [0.1, 0.15) is 12.8 Å². The molecule has 1 aliphatic rings. The zero-order valence-corrected chi connectivity index (χ0v) is 9.94. The summed E-state index contributed by atoms with van der Waals surface area (Å²) >= 11 is 0. The highest BCUT2D eigenvalue weighted by Gasteiger charge is 2.29. The monoisotopic (exact) mass is 238 g/mol. The third kappa shape index (κ3) is 3.28. The second-order valence-corrected chi connectivity index (χ2v) is 4.23. The van der Waals surface area contributed by atoms with E-state index in [1.54, 1.807) is 7.05 Å². The van der Waals surface area contributed by atoms with Gasteiger partial charge in [-0.25, -0.2) is 9.97 Å². The van der Waals surface area contributed by atoms with Crippen LogP contribution in [0.2, 0.25) is 0 Å². The van der Waals surface area contributed by atoms with E-state index >= 15 is 0 Å². The summed E-state index contributed by atoms with van der Waals surface area (Å²) < 4.78 is 5.23. The second-order valence-electron chi connectivity index (χ2n) is 4.23. The maximum atomic E-state index is 10.3. The molecule has 0 bridgehead atoms. The molecular weight excluding hydrogens is 220 g/mol. The third-order valence-corrected chi connectivity index (χ3v) is 2.95. The summed E-state index contributed by atoms with van der Waals surface area (Å²) in [7, 11) is 1.80. The van der Waals surface area contributed by atoms with Crippen LogP contribution in [0.5, 0.6) is 0 Å². The number of nitrogens with one attached hydrogen (secondary N) is 2. The molecule has 17 heavy (non-hydrogen) atoms. The molecule has 0 spiro atoms. The third-order valence-electron chi connectivity index (χ3n) is 2.95. The predicted octanol–water partition coefficient (Wildman–Crippen LogP) is 0.472. The van der Waals surface area contributed by atoms with Gasteiger partial charge >= 0.3 is 0 Å². The minimum Gasteiger partial charge on any atom is -0.388 e. The van der Waals surface area contributed by atoms with Gasteiger partial charge in [-0.3, -0.25) is 0 Å². The summed E-state index contributed by atoms with van der Waals surface area (Å²) in [6.45, 7) is 1.71. The highest BCUT2D eigenvalue weighted by atomic mass is 16.5. The average molecular weight is 238 g/mol. The van der Waals surface area contributed by atoms with E-state index in [2.05, 4.69) is 20.6 Å². The SMILES string of the molecule is CNc1cc(NCC2(O)CCOCC2)ncn1. The van der Waals surface area contributed by atoms with Crippen LogP contribution < -0.4 is 10.6 Å². The minimum absolute atomic E-state index is 0.483. The maximum absolute atomic E-state index is 10.3. The molecule has 0 atom stereocenters. The van der Waals surface area contributed by atoms with Crippen LogP contribution in [0.3, 0.4) is 0 Å². The fourth-order valence-corrected chi connectivity index (χ4v) is 1.77. The second kappa shape index (κ2) is 5.29. The Labute approximate surface area is 100 Å². The van der Waals surface area contributed by atoms with E-state index < -0.39 is 5.60 Å². The summed E-state index contributed by atoms with van der Waals surface area (Å²) in [6.07, 6.45) is 2.80. The fraction of sp³-hybridized carbons (Fsp3) is 0.636. The molecule has 1 aromatic heterocycles. The molecule has 2 heterocycles. The topological polar surface area (TPSA) is 79.3 Å². The number of rotatable bonds is 4. The number of hydrogen-bond acceptors (Lipinski definition) is 6. The van der Waals surface area contributed by atoms with E-state index in [0.29, 0.717) is 38.4 Å². The molecule has 0 saturated carbocycles. The summed E-state index contributed by atoms with van der Waals surface area (Å²) in [5, 5.41) is 16.3. The lowest BCUT2D eigenvalue weighted by Crippen LogP contribution is -2.42. The quantitative estimate of drug-likeness (QED) is 0.707. The molecule has 0 unspecified atom stereocenters. The van der Waals surface area contributed by atoms with Gasteiger partial charge in [0, 0.05) is 45.7 Å². The Bertz CT molecular complexity index is 366. The van der Waals surface area contributed by atoms with Crippen molar-refractivity contribution in [3.8, 4) is 0 Å². The molecule has 1 aromatic rings. The highest BCUT2D eigenvalue weighted by molar-refractivity contribution is 5.46. The standard InChI is InChI=1S/C11H18N4O2/c1-12-9-6-10(15-8-14-9)13-7-11(16)2-4-17-5-3-11/h6,8,16H,2-5,7H2,1H3,(H2,12,13,14,15). The average Bonchev–Trinajstić information content (AvgIpc) is 2.38. The van der Waals surface area contributed by atoms with E-state index in [-0.39, 0.29) is 0 Å². The number of aliphatic hydroxyl groups is 1. The highest BCUT2D eigenvalue weighted by Crippen LogP contribution is 2.21. The van der Waals surface area contributed by atoms with Gasteiger partial charge in [0.25, 0.3) is 0 Å². The number of nitrogens with zero attached hydrogens (tertiary/aromatic N) is 2. The Kier molecular flexibility index (Phi) is 3.75. The smallest absolute Gasteiger partial charge is 0.131 e. The first kappa shape index (κ1) is 12.1. The van der Waals surface area contributed by atoms with Crippen molar-refractivity contribution in [3.05, 3.63) is 12.4 Å². The molecule has 1 aliphatic heterocycles. The molecule has 0 amide bonds. The first-order valence-electron chi connectivity index (χ1n) is 5.76. The first-order chi connectivity index (χ1) is 8.22. The van der Waals surface area contributed by atoms with Crippen molar-refractivity contribution in [3.63, 3.8) is 0 Å². The van der Waals surface area contributed by atoms with Crippen LogP contribution in [-0.4, -0.2) is 47.5 Å². The molecule has 6 nitrogen and oxygen atoms in total. The number of hydrogen-bond donors (Lipinski definition) is 3. The van der Waals surface area contributed by atoms with Crippen LogP contribution >= 0.6 is 0 Å². The Hall–Kier alpha value is -1.40. The van der Waals surface area contributed by atoms with Crippen molar-refractivity contribution in [2.45, 2.75) is 18.4 Å². The Balaban J connectivity index is 1.92. The van der Waals surface area contributed by atoms with Gasteiger partial charge in [0.15, 0.2) is 0 Å². The van der Waals surface area contributed by atoms with Crippen molar-refractivity contribution >= 4 is 11.6 Å². The molecule has 2 rings (SSSR count). The van der Waals surface area contributed by atoms with Crippen LogP contribution in [0.15, 0.2) is 12.4 Å². The zero-order valence-electron chi connectivity index (χ0n) is 9.94. The molecule has 6 heteroatoms. The summed E-state index contributed by atoms with van der Waals surface area (Å²) in [5.74, 6) is 1.46. The van der Waals surface area contributed by atoms with Crippen LogP contribution in [-0.2, 0) is 4.74 Å². The van der Waals surface area contributed by atoms with Crippen molar-refractivity contribution in [1.82, 2.24) is 9.97 Å². The van der Waals surface area contributed by atoms with E-state index in [9.17, 15) is 5.11 Å². The van der Waals surface area contributed by atoms with Crippen molar-refractivity contribution in [2.75, 3.05) is 37.4 Å². The molecule has 1 fully saturated rings. The molecular formula is C11H18N4O2. The maximum Gasteiger partial charge on any atom is 0.131 e. The number of anilines is 2. The lowest BCUT2D eigenvalue weighted by atomic mass is 9.94. The van der Waals surface area contributed by atoms with Crippen molar-refractivity contribution in [2.24, 2.45) is 0 Å². The molecule has 3 N–H and O–H groups in total. The van der Waals surface area contributed by atoms with Crippen LogP contribution in [0.4, 0.5) is 11.6 Å². The summed E-state index contributed by atoms with van der Waals surface area (Å²) in [6, 6.07) is 1.81. The number of aromatic nitrogens is 2. The minimum atomic E-state index is -0.691. The molecule has 0 aliphatic carbocycles.